The number of hydrogen-bond donors (Lipinski definition) is 0. The fourth-order valence-electron chi connectivity index (χ4n) is 1.66. The summed E-state index contributed by atoms with van der Waals surface area (Å²) in [6, 6.07) is 8.21. The van der Waals surface area contributed by atoms with Gasteiger partial charge in [-0.25, -0.2) is 0 Å². The number of benzene rings is 1. The number of ether oxygens (including phenoxy) is 1. The van der Waals surface area contributed by atoms with Crippen LogP contribution in [0.3, 0.4) is 0 Å². The molecule has 1 aromatic carbocycles. The molecule has 3 heteroatoms. The molecule has 2 nitrogen and oxygen atoms in total. The molecule has 0 bridgehead atoms. The van der Waals surface area contributed by atoms with Crippen molar-refractivity contribution in [2.45, 2.75) is 18.3 Å². The number of hydrogen-bond acceptors (Lipinski definition) is 2. The predicted octanol–water partition coefficient (Wildman–Crippen LogP) is 3.01. The average molecular weight is 252 g/mol. The second-order valence-corrected chi connectivity index (χ2v) is 4.37. The van der Waals surface area contributed by atoms with Gasteiger partial charge in [-0.2, -0.15) is 5.26 Å². The average Bonchev–Trinajstić information content (AvgIpc) is 2.98. The molecular weight excluding hydrogens is 242 g/mol. The van der Waals surface area contributed by atoms with Gasteiger partial charge in [-0.1, -0.05) is 12.1 Å². The lowest BCUT2D eigenvalue weighted by Gasteiger charge is -2.13. The van der Waals surface area contributed by atoms with Crippen molar-refractivity contribution in [3.05, 3.63) is 28.2 Å². The minimum absolute atomic E-state index is 0.283. The third kappa shape index (κ3) is 1.31. The first-order chi connectivity index (χ1) is 6.73. The summed E-state index contributed by atoms with van der Waals surface area (Å²) in [6.45, 7) is 0. The van der Waals surface area contributed by atoms with Gasteiger partial charge < -0.3 is 4.74 Å². The standard InChI is InChI=1S/C11H10BrNO/c1-14-10-8(3-2-4-9(10)12)11(7-13)5-6-11/h2-4H,5-6H2,1H3. The van der Waals surface area contributed by atoms with E-state index in [0.29, 0.717) is 0 Å². The predicted molar refractivity (Wildman–Crippen MR) is 57.2 cm³/mol. The maximum Gasteiger partial charge on any atom is 0.137 e. The normalized spacial score (nSPS) is 17.2. The summed E-state index contributed by atoms with van der Waals surface area (Å²) in [4.78, 5) is 0. The molecule has 1 fully saturated rings. The summed E-state index contributed by atoms with van der Waals surface area (Å²) in [5, 5.41) is 9.10. The first-order valence-electron chi connectivity index (χ1n) is 4.48. The monoisotopic (exact) mass is 251 g/mol. The van der Waals surface area contributed by atoms with Gasteiger partial charge >= 0.3 is 0 Å². The molecule has 72 valence electrons. The Balaban J connectivity index is 2.54. The molecule has 1 aliphatic rings. The fourth-order valence-corrected chi connectivity index (χ4v) is 2.19. The van der Waals surface area contributed by atoms with Crippen LogP contribution in [-0.2, 0) is 5.41 Å². The molecule has 0 atom stereocenters. The van der Waals surface area contributed by atoms with Crippen molar-refractivity contribution in [1.29, 1.82) is 5.26 Å². The quantitative estimate of drug-likeness (QED) is 0.810. The van der Waals surface area contributed by atoms with Gasteiger partial charge in [-0.3, -0.25) is 0 Å². The van der Waals surface area contributed by atoms with E-state index in [2.05, 4.69) is 22.0 Å². The van der Waals surface area contributed by atoms with E-state index in [-0.39, 0.29) is 5.41 Å². The number of para-hydroxylation sites is 1. The second-order valence-electron chi connectivity index (χ2n) is 3.51. The largest absolute Gasteiger partial charge is 0.495 e. The van der Waals surface area contributed by atoms with Crippen molar-refractivity contribution < 1.29 is 4.74 Å². The minimum Gasteiger partial charge on any atom is -0.495 e. The van der Waals surface area contributed by atoms with E-state index >= 15 is 0 Å². The molecule has 0 heterocycles. The van der Waals surface area contributed by atoms with E-state index in [1.807, 2.05) is 18.2 Å². The van der Waals surface area contributed by atoms with Crippen molar-refractivity contribution in [1.82, 2.24) is 0 Å². The van der Waals surface area contributed by atoms with E-state index in [4.69, 9.17) is 10.00 Å². The minimum atomic E-state index is -0.283. The number of methoxy groups -OCH3 is 1. The molecule has 0 spiro atoms. The summed E-state index contributed by atoms with van der Waals surface area (Å²) in [7, 11) is 1.64. The summed E-state index contributed by atoms with van der Waals surface area (Å²) < 4.78 is 6.22. The van der Waals surface area contributed by atoms with Gasteiger partial charge in [0.2, 0.25) is 0 Å². The first kappa shape index (κ1) is 9.54. The Bertz CT molecular complexity index is 404. The molecule has 0 unspecified atom stereocenters. The third-order valence-electron chi connectivity index (χ3n) is 2.65. The summed E-state index contributed by atoms with van der Waals surface area (Å²) in [5.74, 6) is 0.798. The van der Waals surface area contributed by atoms with Crippen LogP contribution >= 0.6 is 15.9 Å². The van der Waals surface area contributed by atoms with Gasteiger partial charge in [-0.15, -0.1) is 0 Å². The zero-order valence-corrected chi connectivity index (χ0v) is 9.47. The topological polar surface area (TPSA) is 33.0 Å². The molecule has 0 aromatic heterocycles. The zero-order valence-electron chi connectivity index (χ0n) is 7.88. The SMILES string of the molecule is COc1c(Br)cccc1C1(C#N)CC1. The van der Waals surface area contributed by atoms with Crippen LogP contribution in [-0.4, -0.2) is 7.11 Å². The van der Waals surface area contributed by atoms with Crippen molar-refractivity contribution in [2.75, 3.05) is 7.11 Å². The van der Waals surface area contributed by atoms with Crippen LogP contribution in [0, 0.1) is 11.3 Å². The van der Waals surface area contributed by atoms with Crippen LogP contribution in [0.15, 0.2) is 22.7 Å². The number of halogens is 1. The Morgan fingerprint density at radius 1 is 1.50 bits per heavy atom. The Hall–Kier alpha value is -1.01. The van der Waals surface area contributed by atoms with Crippen LogP contribution in [0.4, 0.5) is 0 Å². The van der Waals surface area contributed by atoms with Gasteiger partial charge in [0.1, 0.15) is 5.75 Å². The molecule has 0 saturated heterocycles. The smallest absolute Gasteiger partial charge is 0.137 e. The second kappa shape index (κ2) is 3.29. The number of nitrogens with zero attached hydrogens (tertiary/aromatic N) is 1. The van der Waals surface area contributed by atoms with Gasteiger partial charge in [0.15, 0.2) is 0 Å². The maximum atomic E-state index is 9.10. The van der Waals surface area contributed by atoms with E-state index in [1.165, 1.54) is 0 Å². The molecule has 1 aromatic rings. The van der Waals surface area contributed by atoms with Crippen LogP contribution < -0.4 is 4.74 Å². The highest BCUT2D eigenvalue weighted by atomic mass is 79.9. The fraction of sp³-hybridized carbons (Fsp3) is 0.364. The van der Waals surface area contributed by atoms with E-state index in [0.717, 1.165) is 28.6 Å². The molecule has 0 N–H and O–H groups in total. The molecule has 1 saturated carbocycles. The lowest BCUT2D eigenvalue weighted by Crippen LogP contribution is -2.05. The summed E-state index contributed by atoms with van der Waals surface area (Å²) in [5.41, 5.74) is 0.728. The molecule has 1 aliphatic carbocycles. The summed E-state index contributed by atoms with van der Waals surface area (Å²) >= 11 is 3.42. The highest BCUT2D eigenvalue weighted by molar-refractivity contribution is 9.10. The van der Waals surface area contributed by atoms with Crippen LogP contribution in [0.25, 0.3) is 0 Å². The molecule has 2 rings (SSSR count). The van der Waals surface area contributed by atoms with Crippen LogP contribution in [0.2, 0.25) is 0 Å². The Morgan fingerprint density at radius 3 is 2.71 bits per heavy atom. The van der Waals surface area contributed by atoms with Crippen LogP contribution in [0.1, 0.15) is 18.4 Å². The highest BCUT2D eigenvalue weighted by Gasteiger charge is 2.47. The Morgan fingerprint density at radius 2 is 2.21 bits per heavy atom. The number of nitriles is 1. The van der Waals surface area contributed by atoms with E-state index in [1.54, 1.807) is 7.11 Å². The molecule has 0 amide bonds. The van der Waals surface area contributed by atoms with Crippen LogP contribution in [0.5, 0.6) is 5.75 Å². The molecule has 0 aliphatic heterocycles. The highest BCUT2D eigenvalue weighted by Crippen LogP contribution is 2.51. The summed E-state index contributed by atoms with van der Waals surface area (Å²) in [6.07, 6.45) is 1.88. The van der Waals surface area contributed by atoms with E-state index in [9.17, 15) is 0 Å². The lowest BCUT2D eigenvalue weighted by atomic mass is 9.97. The number of rotatable bonds is 2. The van der Waals surface area contributed by atoms with Gasteiger partial charge in [-0.05, 0) is 34.8 Å². The Labute approximate surface area is 91.6 Å². The van der Waals surface area contributed by atoms with E-state index < -0.39 is 0 Å². The van der Waals surface area contributed by atoms with Crippen molar-refractivity contribution in [3.8, 4) is 11.8 Å². The van der Waals surface area contributed by atoms with Crippen molar-refractivity contribution in [3.63, 3.8) is 0 Å². The molecule has 14 heavy (non-hydrogen) atoms. The van der Waals surface area contributed by atoms with Crippen molar-refractivity contribution >= 4 is 15.9 Å². The van der Waals surface area contributed by atoms with Gasteiger partial charge in [0.05, 0.1) is 23.1 Å². The first-order valence-corrected chi connectivity index (χ1v) is 5.27. The lowest BCUT2D eigenvalue weighted by molar-refractivity contribution is 0.405. The van der Waals surface area contributed by atoms with Crippen molar-refractivity contribution in [2.24, 2.45) is 0 Å². The zero-order chi connectivity index (χ0) is 10.2. The molecular formula is C11H10BrNO. The third-order valence-corrected chi connectivity index (χ3v) is 3.28. The van der Waals surface area contributed by atoms with Gasteiger partial charge in [0, 0.05) is 5.56 Å². The Kier molecular flexibility index (Phi) is 2.24. The molecule has 0 radical (unpaired) electrons. The van der Waals surface area contributed by atoms with Gasteiger partial charge in [0.25, 0.3) is 0 Å². The maximum absolute atomic E-state index is 9.10.